The van der Waals surface area contributed by atoms with Crippen LogP contribution in [0.5, 0.6) is 0 Å². The molecule has 1 amide bonds. The van der Waals surface area contributed by atoms with Crippen molar-refractivity contribution in [1.82, 2.24) is 4.90 Å². The number of hydrogen-bond donors (Lipinski definition) is 1. The highest BCUT2D eigenvalue weighted by atomic mass is 35.5. The maximum atomic E-state index is 12.6. The van der Waals surface area contributed by atoms with Gasteiger partial charge in [0.15, 0.2) is 5.57 Å². The summed E-state index contributed by atoms with van der Waals surface area (Å²) in [7, 11) is 0. The minimum absolute atomic E-state index is 0.116. The molecule has 8 nitrogen and oxygen atoms in total. The predicted molar refractivity (Wildman–Crippen MR) is 104 cm³/mol. The molecule has 168 valence electrons. The summed E-state index contributed by atoms with van der Waals surface area (Å²) in [6.45, 7) is 2.90. The van der Waals surface area contributed by atoms with Crippen molar-refractivity contribution in [1.29, 1.82) is 0 Å². The summed E-state index contributed by atoms with van der Waals surface area (Å²) in [5.74, 6) is -4.97. The van der Waals surface area contributed by atoms with E-state index in [4.69, 9.17) is 21.1 Å². The summed E-state index contributed by atoms with van der Waals surface area (Å²) in [5.41, 5.74) is 0.616. The van der Waals surface area contributed by atoms with Crippen molar-refractivity contribution < 1.29 is 37.0 Å². The van der Waals surface area contributed by atoms with Crippen LogP contribution < -0.4 is 10.2 Å². The lowest BCUT2D eigenvalue weighted by molar-refractivity contribution is -0.222. The maximum Gasteiger partial charge on any atom is 0.471 e. The van der Waals surface area contributed by atoms with Crippen LogP contribution in [0.2, 0.25) is 5.02 Å². The van der Waals surface area contributed by atoms with Gasteiger partial charge in [0, 0.05) is 51.2 Å². The molecule has 0 bridgehead atoms. The minimum atomic E-state index is -4.92. The summed E-state index contributed by atoms with van der Waals surface area (Å²) in [6, 6.07) is 4.77. The average molecular weight is 462 g/mol. The van der Waals surface area contributed by atoms with Crippen molar-refractivity contribution in [3.8, 4) is 0 Å². The van der Waals surface area contributed by atoms with Gasteiger partial charge in [0.05, 0.1) is 11.4 Å². The number of carbonyl (C=O) groups excluding carboxylic acids is 3. The van der Waals surface area contributed by atoms with E-state index in [1.54, 1.807) is 17.0 Å². The second-order valence-corrected chi connectivity index (χ2v) is 7.76. The number of alkyl halides is 3. The molecule has 0 unspecified atom stereocenters. The van der Waals surface area contributed by atoms with Crippen molar-refractivity contribution in [3.05, 3.63) is 35.0 Å². The molecule has 31 heavy (non-hydrogen) atoms. The first-order valence-corrected chi connectivity index (χ1v) is 9.59. The number of carbonyl (C=O) groups is 3. The highest BCUT2D eigenvalue weighted by Crippen LogP contribution is 2.31. The number of benzene rings is 1. The fraction of sp³-hybridized carbons (Fsp3) is 0.421. The quantitative estimate of drug-likeness (QED) is 0.420. The molecule has 2 saturated heterocycles. The van der Waals surface area contributed by atoms with Crippen LogP contribution in [0.3, 0.4) is 0 Å². The normalized spacial score (nSPS) is 19.0. The number of rotatable bonds is 3. The first-order valence-electron chi connectivity index (χ1n) is 9.21. The van der Waals surface area contributed by atoms with Crippen LogP contribution in [0.25, 0.3) is 0 Å². The van der Waals surface area contributed by atoms with Crippen LogP contribution in [0.4, 0.5) is 24.5 Å². The Balaban J connectivity index is 1.76. The largest absolute Gasteiger partial charge is 0.471 e. The Morgan fingerprint density at radius 2 is 1.71 bits per heavy atom. The van der Waals surface area contributed by atoms with E-state index >= 15 is 0 Å². The van der Waals surface area contributed by atoms with E-state index in [-0.39, 0.29) is 31.8 Å². The van der Waals surface area contributed by atoms with Gasteiger partial charge in [-0.2, -0.15) is 13.2 Å². The monoisotopic (exact) mass is 461 g/mol. The van der Waals surface area contributed by atoms with E-state index in [0.29, 0.717) is 16.4 Å². The third-order valence-electron chi connectivity index (χ3n) is 4.60. The van der Waals surface area contributed by atoms with E-state index in [1.807, 2.05) is 0 Å². The standard InChI is InChI=1S/C19H19ClF3N3O5/c1-18(2)30-15(27)12(16(28)31-18)10-24-13-9-11(20)3-4-14(13)25-5-7-26(8-6-25)17(29)19(21,22)23/h3-4,9-10,24H,5-8H2,1-2H3. The molecule has 2 fully saturated rings. The predicted octanol–water partition coefficient (Wildman–Crippen LogP) is 2.68. The van der Waals surface area contributed by atoms with Gasteiger partial charge in [-0.3, -0.25) is 4.79 Å². The molecular weight excluding hydrogens is 443 g/mol. The number of cyclic esters (lactones) is 2. The average Bonchev–Trinajstić information content (AvgIpc) is 2.65. The zero-order valence-electron chi connectivity index (χ0n) is 16.6. The molecule has 2 aliphatic rings. The molecule has 2 aliphatic heterocycles. The minimum Gasteiger partial charge on any atom is -0.419 e. The highest BCUT2D eigenvalue weighted by molar-refractivity contribution is 6.31. The zero-order valence-corrected chi connectivity index (χ0v) is 17.3. The number of anilines is 2. The molecule has 2 heterocycles. The van der Waals surface area contributed by atoms with E-state index in [0.717, 1.165) is 11.1 Å². The van der Waals surface area contributed by atoms with Crippen LogP contribution in [0.1, 0.15) is 13.8 Å². The second kappa shape index (κ2) is 8.29. The Hall–Kier alpha value is -2.95. The third kappa shape index (κ3) is 5.22. The summed E-state index contributed by atoms with van der Waals surface area (Å²) in [4.78, 5) is 38.1. The fourth-order valence-corrected chi connectivity index (χ4v) is 3.33. The molecule has 0 aliphatic carbocycles. The molecule has 12 heteroatoms. The van der Waals surface area contributed by atoms with E-state index in [9.17, 15) is 27.6 Å². The maximum absolute atomic E-state index is 12.6. The summed E-state index contributed by atoms with van der Waals surface area (Å²) >= 11 is 6.05. The Morgan fingerprint density at radius 3 is 2.26 bits per heavy atom. The fourth-order valence-electron chi connectivity index (χ4n) is 3.16. The third-order valence-corrected chi connectivity index (χ3v) is 4.83. The van der Waals surface area contributed by atoms with Gasteiger partial charge < -0.3 is 24.6 Å². The number of amides is 1. The van der Waals surface area contributed by atoms with Crippen LogP contribution in [0.15, 0.2) is 30.0 Å². The first kappa shape index (κ1) is 22.7. The van der Waals surface area contributed by atoms with E-state index in [2.05, 4.69) is 5.32 Å². The molecule has 3 rings (SSSR count). The van der Waals surface area contributed by atoms with Crippen molar-refractivity contribution in [2.24, 2.45) is 0 Å². The number of nitrogens with zero attached hydrogens (tertiary/aromatic N) is 2. The van der Waals surface area contributed by atoms with Crippen molar-refractivity contribution >= 4 is 40.8 Å². The SMILES string of the molecule is CC1(C)OC(=O)C(=CNc2cc(Cl)ccc2N2CCN(C(=O)C(F)(F)F)CC2)C(=O)O1. The molecule has 1 aromatic carbocycles. The van der Waals surface area contributed by atoms with Crippen molar-refractivity contribution in [2.75, 3.05) is 36.4 Å². The molecule has 0 spiro atoms. The number of esters is 2. The van der Waals surface area contributed by atoms with Gasteiger partial charge in [0.2, 0.25) is 0 Å². The number of piperazine rings is 1. The number of halogens is 4. The first-order chi connectivity index (χ1) is 14.4. The second-order valence-electron chi connectivity index (χ2n) is 7.32. The summed E-state index contributed by atoms with van der Waals surface area (Å²) in [6.07, 6.45) is -3.79. The van der Waals surface area contributed by atoms with E-state index in [1.165, 1.54) is 19.9 Å². The van der Waals surface area contributed by atoms with Gasteiger partial charge in [-0.15, -0.1) is 0 Å². The smallest absolute Gasteiger partial charge is 0.419 e. The Bertz CT molecular complexity index is 918. The van der Waals surface area contributed by atoms with Crippen LogP contribution in [-0.4, -0.2) is 60.9 Å². The molecule has 0 aromatic heterocycles. The van der Waals surface area contributed by atoms with Gasteiger partial charge in [0.25, 0.3) is 5.79 Å². The van der Waals surface area contributed by atoms with Gasteiger partial charge in [-0.25, -0.2) is 9.59 Å². The van der Waals surface area contributed by atoms with Crippen molar-refractivity contribution in [3.63, 3.8) is 0 Å². The number of hydrogen-bond acceptors (Lipinski definition) is 7. The molecule has 0 saturated carbocycles. The lowest BCUT2D eigenvalue weighted by Gasteiger charge is -2.37. The van der Waals surface area contributed by atoms with Gasteiger partial charge in [0.1, 0.15) is 0 Å². The van der Waals surface area contributed by atoms with Gasteiger partial charge in [-0.1, -0.05) is 11.6 Å². The summed E-state index contributed by atoms with van der Waals surface area (Å²) in [5, 5.41) is 3.17. The van der Waals surface area contributed by atoms with Crippen molar-refractivity contribution in [2.45, 2.75) is 25.8 Å². The van der Waals surface area contributed by atoms with Crippen LogP contribution in [0, 0.1) is 0 Å². The van der Waals surface area contributed by atoms with Gasteiger partial charge in [-0.05, 0) is 18.2 Å². The van der Waals surface area contributed by atoms with Crippen LogP contribution >= 0.6 is 11.6 Å². The lowest BCUT2D eigenvalue weighted by atomic mass is 10.2. The Labute approximate surface area is 180 Å². The Kier molecular flexibility index (Phi) is 6.08. The molecule has 1 aromatic rings. The number of ether oxygens (including phenoxy) is 2. The van der Waals surface area contributed by atoms with Gasteiger partial charge >= 0.3 is 24.0 Å². The topological polar surface area (TPSA) is 88.2 Å². The molecule has 1 N–H and O–H groups in total. The molecular formula is C19H19ClF3N3O5. The molecule has 0 radical (unpaired) electrons. The summed E-state index contributed by atoms with van der Waals surface area (Å²) < 4.78 is 48.0. The highest BCUT2D eigenvalue weighted by Gasteiger charge is 2.43. The zero-order chi connectivity index (χ0) is 23.0. The Morgan fingerprint density at radius 1 is 1.13 bits per heavy atom. The van der Waals surface area contributed by atoms with E-state index < -0.39 is 29.8 Å². The molecule has 0 atom stereocenters. The lowest BCUT2D eigenvalue weighted by Crippen LogP contribution is -2.52. The van der Waals surface area contributed by atoms with Crippen LogP contribution in [-0.2, 0) is 23.9 Å². The number of nitrogens with one attached hydrogen (secondary N) is 1.